The summed E-state index contributed by atoms with van der Waals surface area (Å²) < 4.78 is 0. The normalized spacial score (nSPS) is 17.8. The Balaban J connectivity index is 1.55. The highest BCUT2D eigenvalue weighted by Gasteiger charge is 2.33. The number of urea groups is 1. The molecule has 0 bridgehead atoms. The number of carbonyl (C=O) groups is 2. The number of likely N-dealkylation sites (tertiary alicyclic amines) is 1. The molecule has 1 aliphatic rings. The van der Waals surface area contributed by atoms with Crippen LogP contribution < -0.4 is 10.6 Å². The van der Waals surface area contributed by atoms with Gasteiger partial charge in [-0.2, -0.15) is 0 Å². The van der Waals surface area contributed by atoms with Crippen molar-refractivity contribution in [1.82, 2.24) is 10.2 Å². The third-order valence-corrected chi connectivity index (χ3v) is 4.86. The summed E-state index contributed by atoms with van der Waals surface area (Å²) >= 11 is 0. The first-order valence-corrected chi connectivity index (χ1v) is 9.07. The standard InChI is InChI=1S/C21H25N3O2/c1-3-16-9-11-18(12-10-16)22-21(26)23-19-13-20(25)24(14-19)15(2)17-7-5-4-6-8-17/h4-12,15,19H,3,13-14H2,1-2H3,(H2,22,23,26). The lowest BCUT2D eigenvalue weighted by molar-refractivity contribution is -0.129. The molecular weight excluding hydrogens is 326 g/mol. The lowest BCUT2D eigenvalue weighted by Gasteiger charge is -2.25. The number of rotatable bonds is 5. The number of hydrogen-bond donors (Lipinski definition) is 2. The highest BCUT2D eigenvalue weighted by molar-refractivity contribution is 5.90. The lowest BCUT2D eigenvalue weighted by atomic mass is 10.1. The van der Waals surface area contributed by atoms with Gasteiger partial charge in [0.25, 0.3) is 0 Å². The van der Waals surface area contributed by atoms with Crippen LogP contribution in [0.5, 0.6) is 0 Å². The second-order valence-electron chi connectivity index (χ2n) is 6.68. The van der Waals surface area contributed by atoms with Crippen LogP contribution in [0.2, 0.25) is 0 Å². The number of hydrogen-bond acceptors (Lipinski definition) is 2. The van der Waals surface area contributed by atoms with Crippen LogP contribution >= 0.6 is 0 Å². The van der Waals surface area contributed by atoms with Gasteiger partial charge in [0.05, 0.1) is 12.1 Å². The summed E-state index contributed by atoms with van der Waals surface area (Å²) in [4.78, 5) is 26.4. The molecule has 26 heavy (non-hydrogen) atoms. The van der Waals surface area contributed by atoms with Crippen molar-refractivity contribution in [2.45, 2.75) is 38.8 Å². The predicted octanol–water partition coefficient (Wildman–Crippen LogP) is 3.73. The Morgan fingerprint density at radius 3 is 2.50 bits per heavy atom. The highest BCUT2D eigenvalue weighted by Crippen LogP contribution is 2.25. The molecule has 0 spiro atoms. The molecule has 1 aliphatic heterocycles. The molecule has 3 rings (SSSR count). The molecule has 1 heterocycles. The van der Waals surface area contributed by atoms with Gasteiger partial charge in [-0.25, -0.2) is 4.79 Å². The number of aryl methyl sites for hydroxylation is 1. The van der Waals surface area contributed by atoms with Crippen LogP contribution in [0.1, 0.15) is 37.4 Å². The van der Waals surface area contributed by atoms with Crippen LogP contribution in [0.25, 0.3) is 0 Å². The van der Waals surface area contributed by atoms with E-state index in [1.807, 2.05) is 66.4 Å². The zero-order valence-corrected chi connectivity index (χ0v) is 15.2. The van der Waals surface area contributed by atoms with E-state index in [4.69, 9.17) is 0 Å². The summed E-state index contributed by atoms with van der Waals surface area (Å²) in [6.07, 6.45) is 1.30. The molecule has 2 unspecified atom stereocenters. The van der Waals surface area contributed by atoms with E-state index in [1.165, 1.54) is 5.56 Å². The molecule has 0 aromatic heterocycles. The van der Waals surface area contributed by atoms with Crippen LogP contribution in [0.3, 0.4) is 0 Å². The van der Waals surface area contributed by atoms with Gasteiger partial charge in [-0.05, 0) is 36.6 Å². The molecule has 136 valence electrons. The summed E-state index contributed by atoms with van der Waals surface area (Å²) in [5, 5.41) is 5.74. The van der Waals surface area contributed by atoms with Crippen molar-refractivity contribution in [3.63, 3.8) is 0 Å². The van der Waals surface area contributed by atoms with Gasteiger partial charge in [0, 0.05) is 18.7 Å². The van der Waals surface area contributed by atoms with Gasteiger partial charge in [-0.1, -0.05) is 49.4 Å². The molecule has 5 nitrogen and oxygen atoms in total. The van der Waals surface area contributed by atoms with Crippen molar-refractivity contribution in [2.75, 3.05) is 11.9 Å². The van der Waals surface area contributed by atoms with E-state index in [0.717, 1.165) is 17.7 Å². The molecule has 1 saturated heterocycles. The molecule has 2 aromatic carbocycles. The molecule has 2 atom stereocenters. The zero-order chi connectivity index (χ0) is 18.5. The number of amides is 3. The third kappa shape index (κ3) is 4.23. The number of nitrogens with one attached hydrogen (secondary N) is 2. The van der Waals surface area contributed by atoms with Crippen LogP contribution in [0.4, 0.5) is 10.5 Å². The Morgan fingerprint density at radius 2 is 1.85 bits per heavy atom. The molecule has 0 radical (unpaired) electrons. The van der Waals surface area contributed by atoms with Crippen molar-refractivity contribution in [1.29, 1.82) is 0 Å². The number of carbonyl (C=O) groups excluding carboxylic acids is 2. The fourth-order valence-electron chi connectivity index (χ4n) is 3.29. The zero-order valence-electron chi connectivity index (χ0n) is 15.2. The van der Waals surface area contributed by atoms with Crippen LogP contribution in [-0.2, 0) is 11.2 Å². The van der Waals surface area contributed by atoms with Crippen molar-refractivity contribution in [3.8, 4) is 0 Å². The molecule has 2 N–H and O–H groups in total. The fraction of sp³-hybridized carbons (Fsp3) is 0.333. The molecule has 1 fully saturated rings. The Kier molecular flexibility index (Phi) is 5.56. The number of nitrogens with zero attached hydrogens (tertiary/aromatic N) is 1. The minimum absolute atomic E-state index is 0.000138. The maximum atomic E-state index is 12.4. The first-order chi connectivity index (χ1) is 12.6. The van der Waals surface area contributed by atoms with E-state index in [-0.39, 0.29) is 24.0 Å². The first-order valence-electron chi connectivity index (χ1n) is 9.07. The monoisotopic (exact) mass is 351 g/mol. The summed E-state index contributed by atoms with van der Waals surface area (Å²) in [5.41, 5.74) is 3.07. The molecule has 3 amide bonds. The molecule has 5 heteroatoms. The molecule has 0 saturated carbocycles. The minimum atomic E-state index is -0.277. The molecule has 2 aromatic rings. The second-order valence-corrected chi connectivity index (χ2v) is 6.68. The fourth-order valence-corrected chi connectivity index (χ4v) is 3.29. The summed E-state index contributed by atoms with van der Waals surface area (Å²) in [6.45, 7) is 4.64. The largest absolute Gasteiger partial charge is 0.334 e. The van der Waals surface area contributed by atoms with E-state index in [1.54, 1.807) is 0 Å². The van der Waals surface area contributed by atoms with Crippen LogP contribution in [-0.4, -0.2) is 29.4 Å². The third-order valence-electron chi connectivity index (χ3n) is 4.86. The van der Waals surface area contributed by atoms with Gasteiger partial charge in [-0.3, -0.25) is 4.79 Å². The van der Waals surface area contributed by atoms with E-state index < -0.39 is 0 Å². The van der Waals surface area contributed by atoms with E-state index in [9.17, 15) is 9.59 Å². The topological polar surface area (TPSA) is 61.4 Å². The first kappa shape index (κ1) is 18.0. The summed E-state index contributed by atoms with van der Waals surface area (Å²) in [6, 6.07) is 17.3. The Bertz CT molecular complexity index is 759. The van der Waals surface area contributed by atoms with Crippen molar-refractivity contribution < 1.29 is 9.59 Å². The van der Waals surface area contributed by atoms with Gasteiger partial charge in [0.15, 0.2) is 0 Å². The van der Waals surface area contributed by atoms with Crippen molar-refractivity contribution in [3.05, 3.63) is 65.7 Å². The van der Waals surface area contributed by atoms with Crippen LogP contribution in [0.15, 0.2) is 54.6 Å². The van der Waals surface area contributed by atoms with Gasteiger partial charge >= 0.3 is 6.03 Å². The maximum Gasteiger partial charge on any atom is 0.319 e. The summed E-state index contributed by atoms with van der Waals surface area (Å²) in [7, 11) is 0. The van der Waals surface area contributed by atoms with E-state index in [0.29, 0.717) is 13.0 Å². The summed E-state index contributed by atoms with van der Waals surface area (Å²) in [5.74, 6) is 0.0685. The van der Waals surface area contributed by atoms with Crippen LogP contribution in [0, 0.1) is 0 Å². The quantitative estimate of drug-likeness (QED) is 0.862. The van der Waals surface area contributed by atoms with Gasteiger partial charge in [0.1, 0.15) is 0 Å². The number of anilines is 1. The number of benzene rings is 2. The lowest BCUT2D eigenvalue weighted by Crippen LogP contribution is -2.40. The predicted molar refractivity (Wildman–Crippen MR) is 103 cm³/mol. The van der Waals surface area contributed by atoms with E-state index >= 15 is 0 Å². The molecular formula is C21H25N3O2. The second kappa shape index (κ2) is 8.04. The van der Waals surface area contributed by atoms with Crippen molar-refractivity contribution >= 4 is 17.6 Å². The smallest absolute Gasteiger partial charge is 0.319 e. The SMILES string of the molecule is CCc1ccc(NC(=O)NC2CC(=O)N(C(C)c3ccccc3)C2)cc1. The van der Waals surface area contributed by atoms with Gasteiger partial charge in [-0.15, -0.1) is 0 Å². The minimum Gasteiger partial charge on any atom is -0.334 e. The maximum absolute atomic E-state index is 12.4. The Labute approximate surface area is 154 Å². The van der Waals surface area contributed by atoms with Gasteiger partial charge in [0.2, 0.25) is 5.91 Å². The highest BCUT2D eigenvalue weighted by atomic mass is 16.2. The van der Waals surface area contributed by atoms with E-state index in [2.05, 4.69) is 17.6 Å². The average Bonchev–Trinajstić information content (AvgIpc) is 3.02. The average molecular weight is 351 g/mol. The Hall–Kier alpha value is -2.82. The van der Waals surface area contributed by atoms with Gasteiger partial charge < -0.3 is 15.5 Å². The Morgan fingerprint density at radius 1 is 1.15 bits per heavy atom. The van der Waals surface area contributed by atoms with Crippen molar-refractivity contribution in [2.24, 2.45) is 0 Å². The molecule has 0 aliphatic carbocycles.